The van der Waals surface area contributed by atoms with E-state index < -0.39 is 0 Å². The number of hydrogen-bond acceptors (Lipinski definition) is 2. The molecule has 2 nitrogen and oxygen atoms in total. The number of aryl methyl sites for hydroxylation is 1. The maximum Gasteiger partial charge on any atom is 0.495 e. The standard InChI is InChI=1S/C16H23BO2/c1-15(2)16(3,4)19-17(18-15)14-11-7-9-12-8-5-6-10-13(12)14/h7,9,11H,5-6,8,10H2,1-4H3. The summed E-state index contributed by atoms with van der Waals surface area (Å²) in [5.41, 5.74) is 3.69. The summed E-state index contributed by atoms with van der Waals surface area (Å²) in [7, 11) is -0.210. The van der Waals surface area contributed by atoms with Crippen LogP contribution < -0.4 is 5.46 Å². The highest BCUT2D eigenvalue weighted by Gasteiger charge is 2.52. The Kier molecular flexibility index (Phi) is 3.03. The third-order valence-electron chi connectivity index (χ3n) is 4.94. The van der Waals surface area contributed by atoms with Gasteiger partial charge in [0.2, 0.25) is 0 Å². The highest BCUT2D eigenvalue weighted by Crippen LogP contribution is 2.37. The van der Waals surface area contributed by atoms with Crippen molar-refractivity contribution in [3.05, 3.63) is 29.3 Å². The van der Waals surface area contributed by atoms with E-state index in [1.807, 2.05) is 0 Å². The molecular formula is C16H23BO2. The highest BCUT2D eigenvalue weighted by molar-refractivity contribution is 6.62. The van der Waals surface area contributed by atoms with Gasteiger partial charge >= 0.3 is 7.12 Å². The van der Waals surface area contributed by atoms with Crippen LogP contribution in [0.25, 0.3) is 0 Å². The highest BCUT2D eigenvalue weighted by atomic mass is 16.7. The van der Waals surface area contributed by atoms with Crippen LogP contribution in [0.3, 0.4) is 0 Å². The van der Waals surface area contributed by atoms with Gasteiger partial charge in [-0.2, -0.15) is 0 Å². The van der Waals surface area contributed by atoms with Gasteiger partial charge in [0.05, 0.1) is 11.2 Å². The van der Waals surface area contributed by atoms with E-state index in [1.165, 1.54) is 35.9 Å². The fourth-order valence-electron chi connectivity index (χ4n) is 3.00. The van der Waals surface area contributed by atoms with Crippen LogP contribution in [0.2, 0.25) is 0 Å². The van der Waals surface area contributed by atoms with E-state index in [0.717, 1.165) is 6.42 Å². The van der Waals surface area contributed by atoms with Crippen molar-refractivity contribution in [3.63, 3.8) is 0 Å². The molecular weight excluding hydrogens is 235 g/mol. The van der Waals surface area contributed by atoms with Gasteiger partial charge in [-0.1, -0.05) is 18.2 Å². The largest absolute Gasteiger partial charge is 0.495 e. The fourth-order valence-corrected chi connectivity index (χ4v) is 3.00. The molecule has 0 atom stereocenters. The Hall–Kier alpha value is -0.795. The lowest BCUT2D eigenvalue weighted by Gasteiger charge is -2.32. The van der Waals surface area contributed by atoms with Gasteiger partial charge in [0, 0.05) is 0 Å². The van der Waals surface area contributed by atoms with Crippen molar-refractivity contribution in [1.82, 2.24) is 0 Å². The van der Waals surface area contributed by atoms with Gasteiger partial charge < -0.3 is 9.31 Å². The molecule has 0 saturated carbocycles. The lowest BCUT2D eigenvalue weighted by atomic mass is 9.72. The van der Waals surface area contributed by atoms with Crippen molar-refractivity contribution in [2.75, 3.05) is 0 Å². The maximum absolute atomic E-state index is 6.19. The molecule has 0 amide bonds. The van der Waals surface area contributed by atoms with E-state index in [2.05, 4.69) is 45.9 Å². The summed E-state index contributed by atoms with van der Waals surface area (Å²) in [4.78, 5) is 0. The lowest BCUT2D eigenvalue weighted by Crippen LogP contribution is -2.41. The van der Waals surface area contributed by atoms with E-state index in [4.69, 9.17) is 9.31 Å². The second kappa shape index (κ2) is 4.36. The van der Waals surface area contributed by atoms with Gasteiger partial charge in [0.1, 0.15) is 0 Å². The maximum atomic E-state index is 6.19. The molecule has 102 valence electrons. The van der Waals surface area contributed by atoms with E-state index in [1.54, 1.807) is 0 Å². The summed E-state index contributed by atoms with van der Waals surface area (Å²) >= 11 is 0. The van der Waals surface area contributed by atoms with Crippen LogP contribution in [-0.4, -0.2) is 18.3 Å². The quantitative estimate of drug-likeness (QED) is 0.721. The fraction of sp³-hybridized carbons (Fsp3) is 0.625. The van der Waals surface area contributed by atoms with Crippen LogP contribution in [0.1, 0.15) is 51.7 Å². The molecule has 0 N–H and O–H groups in total. The molecule has 1 aliphatic carbocycles. The van der Waals surface area contributed by atoms with E-state index in [9.17, 15) is 0 Å². The smallest absolute Gasteiger partial charge is 0.399 e. The summed E-state index contributed by atoms with van der Waals surface area (Å²) < 4.78 is 12.4. The van der Waals surface area contributed by atoms with Crippen molar-refractivity contribution >= 4 is 12.6 Å². The molecule has 1 saturated heterocycles. The van der Waals surface area contributed by atoms with Crippen LogP contribution in [0.15, 0.2) is 18.2 Å². The molecule has 0 spiro atoms. The first-order chi connectivity index (χ1) is 8.91. The normalized spacial score (nSPS) is 24.3. The van der Waals surface area contributed by atoms with Crippen molar-refractivity contribution < 1.29 is 9.31 Å². The van der Waals surface area contributed by atoms with Gasteiger partial charge in [-0.25, -0.2) is 0 Å². The van der Waals surface area contributed by atoms with Crippen LogP contribution in [-0.2, 0) is 22.2 Å². The molecule has 19 heavy (non-hydrogen) atoms. The molecule has 1 fully saturated rings. The Balaban J connectivity index is 1.96. The predicted octanol–water partition coefficient (Wildman–Crippen LogP) is 2.86. The molecule has 1 aromatic rings. The average Bonchev–Trinajstić information content (AvgIpc) is 2.58. The summed E-state index contributed by atoms with van der Waals surface area (Å²) in [6, 6.07) is 6.57. The predicted molar refractivity (Wildman–Crippen MR) is 78.8 cm³/mol. The Morgan fingerprint density at radius 2 is 1.58 bits per heavy atom. The van der Waals surface area contributed by atoms with Gasteiger partial charge in [-0.15, -0.1) is 0 Å². The molecule has 3 heteroatoms. The monoisotopic (exact) mass is 258 g/mol. The SMILES string of the molecule is CC1(C)OB(c2cccc3c2CCCC3)OC1(C)C. The molecule has 0 bridgehead atoms. The Morgan fingerprint density at radius 3 is 2.26 bits per heavy atom. The van der Waals surface area contributed by atoms with Crippen molar-refractivity contribution in [1.29, 1.82) is 0 Å². The Morgan fingerprint density at radius 1 is 0.947 bits per heavy atom. The topological polar surface area (TPSA) is 18.5 Å². The zero-order valence-electron chi connectivity index (χ0n) is 12.5. The second-order valence-corrected chi connectivity index (χ2v) is 6.78. The molecule has 0 aromatic heterocycles. The average molecular weight is 258 g/mol. The molecule has 2 aliphatic rings. The van der Waals surface area contributed by atoms with Crippen LogP contribution >= 0.6 is 0 Å². The first-order valence-electron chi connectivity index (χ1n) is 7.37. The van der Waals surface area contributed by atoms with E-state index in [-0.39, 0.29) is 18.3 Å². The minimum atomic E-state index is -0.255. The van der Waals surface area contributed by atoms with Crippen LogP contribution in [0, 0.1) is 0 Å². The molecule has 3 rings (SSSR count). The van der Waals surface area contributed by atoms with Gasteiger partial charge in [-0.3, -0.25) is 0 Å². The third kappa shape index (κ3) is 2.13. The second-order valence-electron chi connectivity index (χ2n) is 6.78. The summed E-state index contributed by atoms with van der Waals surface area (Å²) in [6.07, 6.45) is 4.95. The Bertz CT molecular complexity index is 478. The lowest BCUT2D eigenvalue weighted by molar-refractivity contribution is 0.00578. The minimum absolute atomic E-state index is 0.210. The number of rotatable bonds is 1. The first kappa shape index (κ1) is 13.2. The molecule has 1 aromatic carbocycles. The van der Waals surface area contributed by atoms with Gasteiger partial charge in [0.25, 0.3) is 0 Å². The van der Waals surface area contributed by atoms with Gasteiger partial charge in [0.15, 0.2) is 0 Å². The Labute approximate surface area is 116 Å². The van der Waals surface area contributed by atoms with E-state index >= 15 is 0 Å². The third-order valence-corrected chi connectivity index (χ3v) is 4.94. The van der Waals surface area contributed by atoms with Crippen LogP contribution in [0.5, 0.6) is 0 Å². The van der Waals surface area contributed by atoms with Crippen LogP contribution in [0.4, 0.5) is 0 Å². The number of benzene rings is 1. The number of hydrogen-bond donors (Lipinski definition) is 0. The molecule has 1 aliphatic heterocycles. The zero-order chi connectivity index (χ0) is 13.7. The van der Waals surface area contributed by atoms with E-state index in [0.29, 0.717) is 0 Å². The van der Waals surface area contributed by atoms with Crippen molar-refractivity contribution in [2.24, 2.45) is 0 Å². The number of fused-ring (bicyclic) bond motifs is 1. The minimum Gasteiger partial charge on any atom is -0.399 e. The summed E-state index contributed by atoms with van der Waals surface area (Å²) in [5.74, 6) is 0. The molecule has 0 unspecified atom stereocenters. The summed E-state index contributed by atoms with van der Waals surface area (Å²) in [6.45, 7) is 8.45. The zero-order valence-corrected chi connectivity index (χ0v) is 12.5. The molecule has 0 radical (unpaired) electrons. The first-order valence-corrected chi connectivity index (χ1v) is 7.37. The van der Waals surface area contributed by atoms with Gasteiger partial charge in [-0.05, 0) is 70.0 Å². The van der Waals surface area contributed by atoms with Crippen molar-refractivity contribution in [3.8, 4) is 0 Å². The molecule has 1 heterocycles. The van der Waals surface area contributed by atoms with Crippen molar-refractivity contribution in [2.45, 2.75) is 64.6 Å². The summed E-state index contributed by atoms with van der Waals surface area (Å²) in [5, 5.41) is 0.